The molecule has 2 rings (SSSR count). The monoisotopic (exact) mass is 348 g/mol. The van der Waals surface area contributed by atoms with E-state index < -0.39 is 0 Å². The van der Waals surface area contributed by atoms with Crippen LogP contribution in [0.1, 0.15) is 36.5 Å². The van der Waals surface area contributed by atoms with E-state index in [1.54, 1.807) is 0 Å². The van der Waals surface area contributed by atoms with Crippen molar-refractivity contribution in [3.63, 3.8) is 0 Å². The van der Waals surface area contributed by atoms with E-state index in [1.807, 2.05) is 30.3 Å². The molecular weight excluding hydrogens is 332 g/mol. The van der Waals surface area contributed by atoms with Crippen molar-refractivity contribution in [3.8, 4) is 0 Å². The van der Waals surface area contributed by atoms with Gasteiger partial charge in [-0.1, -0.05) is 77.3 Å². The molecule has 0 aliphatic heterocycles. The Kier molecular flexibility index (Phi) is 5.87. The molecule has 2 aromatic rings. The number of benzene rings is 2. The van der Waals surface area contributed by atoms with Crippen molar-refractivity contribution >= 4 is 38.6 Å². The fourth-order valence-electron chi connectivity index (χ4n) is 2.00. The standard InChI is InChI=1S/C18H18BrCl/c1-2-3-4-14-5-9-16(10-6-14)18(20)13-15-7-11-17(19)12-8-15/h5-13H,2-4H2,1H3/b18-13-. The van der Waals surface area contributed by atoms with E-state index in [9.17, 15) is 0 Å². The largest absolute Gasteiger partial charge is 0.0837 e. The number of hydrogen-bond donors (Lipinski definition) is 0. The van der Waals surface area contributed by atoms with Crippen molar-refractivity contribution in [2.45, 2.75) is 26.2 Å². The van der Waals surface area contributed by atoms with Crippen LogP contribution in [0.3, 0.4) is 0 Å². The molecule has 0 heterocycles. The SMILES string of the molecule is CCCCc1ccc(/C(Cl)=C/c2ccc(Br)cc2)cc1. The molecule has 104 valence electrons. The molecule has 0 bridgehead atoms. The third-order valence-electron chi connectivity index (χ3n) is 3.21. The van der Waals surface area contributed by atoms with Crippen LogP contribution < -0.4 is 0 Å². The van der Waals surface area contributed by atoms with Crippen molar-refractivity contribution in [1.29, 1.82) is 0 Å². The molecule has 0 unspecified atom stereocenters. The topological polar surface area (TPSA) is 0 Å². The molecule has 0 nitrogen and oxygen atoms in total. The van der Waals surface area contributed by atoms with Gasteiger partial charge in [0.2, 0.25) is 0 Å². The molecule has 0 N–H and O–H groups in total. The summed E-state index contributed by atoms with van der Waals surface area (Å²) in [5.74, 6) is 0. The van der Waals surface area contributed by atoms with Gasteiger partial charge < -0.3 is 0 Å². The molecule has 0 aliphatic carbocycles. The molecular formula is C18H18BrCl. The van der Waals surface area contributed by atoms with Gasteiger partial charge in [0.25, 0.3) is 0 Å². The van der Waals surface area contributed by atoms with Crippen LogP contribution in [0.4, 0.5) is 0 Å². The maximum absolute atomic E-state index is 6.39. The molecule has 0 atom stereocenters. The fourth-order valence-corrected chi connectivity index (χ4v) is 2.52. The first kappa shape index (κ1) is 15.3. The normalized spacial score (nSPS) is 11.7. The summed E-state index contributed by atoms with van der Waals surface area (Å²) in [7, 11) is 0. The predicted molar refractivity (Wildman–Crippen MR) is 92.9 cm³/mol. The van der Waals surface area contributed by atoms with Gasteiger partial charge in [0, 0.05) is 9.51 Å². The van der Waals surface area contributed by atoms with Crippen LogP contribution >= 0.6 is 27.5 Å². The van der Waals surface area contributed by atoms with Crippen molar-refractivity contribution in [2.75, 3.05) is 0 Å². The minimum absolute atomic E-state index is 0.773. The average Bonchev–Trinajstić information content (AvgIpc) is 2.48. The number of unbranched alkanes of at least 4 members (excludes halogenated alkanes) is 1. The van der Waals surface area contributed by atoms with Crippen LogP contribution in [0.15, 0.2) is 53.0 Å². The van der Waals surface area contributed by atoms with Gasteiger partial charge in [-0.25, -0.2) is 0 Å². The maximum atomic E-state index is 6.39. The second-order valence-electron chi connectivity index (χ2n) is 4.84. The van der Waals surface area contributed by atoms with Crippen molar-refractivity contribution in [1.82, 2.24) is 0 Å². The summed E-state index contributed by atoms with van der Waals surface area (Å²) in [5, 5.41) is 0.773. The van der Waals surface area contributed by atoms with Gasteiger partial charge in [0.15, 0.2) is 0 Å². The van der Waals surface area contributed by atoms with E-state index in [4.69, 9.17) is 11.6 Å². The lowest BCUT2D eigenvalue weighted by atomic mass is 10.1. The van der Waals surface area contributed by atoms with E-state index in [-0.39, 0.29) is 0 Å². The lowest BCUT2D eigenvalue weighted by Crippen LogP contribution is -1.85. The number of rotatable bonds is 5. The summed E-state index contributed by atoms with van der Waals surface area (Å²) in [6.45, 7) is 2.21. The van der Waals surface area contributed by atoms with Crippen molar-refractivity contribution in [2.24, 2.45) is 0 Å². The summed E-state index contributed by atoms with van der Waals surface area (Å²) in [6, 6.07) is 16.7. The first-order chi connectivity index (χ1) is 9.69. The number of hydrogen-bond acceptors (Lipinski definition) is 0. The van der Waals surface area contributed by atoms with Gasteiger partial charge in [-0.2, -0.15) is 0 Å². The van der Waals surface area contributed by atoms with Crippen molar-refractivity contribution < 1.29 is 0 Å². The van der Waals surface area contributed by atoms with Gasteiger partial charge in [-0.05, 0) is 47.7 Å². The number of aryl methyl sites for hydroxylation is 1. The Balaban J connectivity index is 2.12. The van der Waals surface area contributed by atoms with E-state index in [0.29, 0.717) is 0 Å². The highest BCUT2D eigenvalue weighted by molar-refractivity contribution is 9.10. The minimum atomic E-state index is 0.773. The zero-order chi connectivity index (χ0) is 14.4. The maximum Gasteiger partial charge on any atom is 0.0484 e. The van der Waals surface area contributed by atoms with E-state index in [1.165, 1.54) is 18.4 Å². The quantitative estimate of drug-likeness (QED) is 0.538. The van der Waals surface area contributed by atoms with Gasteiger partial charge in [0.05, 0.1) is 0 Å². The smallest absolute Gasteiger partial charge is 0.0484 e. The lowest BCUT2D eigenvalue weighted by molar-refractivity contribution is 0.795. The van der Waals surface area contributed by atoms with Crippen LogP contribution in [0.25, 0.3) is 11.1 Å². The Hall–Kier alpha value is -1.05. The molecule has 0 fully saturated rings. The molecule has 2 aromatic carbocycles. The van der Waals surface area contributed by atoms with Gasteiger partial charge in [-0.3, -0.25) is 0 Å². The molecule has 0 amide bonds. The Morgan fingerprint density at radius 1 is 1.05 bits per heavy atom. The summed E-state index contributed by atoms with van der Waals surface area (Å²) in [5.41, 5.74) is 3.55. The molecule has 0 aliphatic rings. The second kappa shape index (κ2) is 7.66. The van der Waals surface area contributed by atoms with E-state index >= 15 is 0 Å². The van der Waals surface area contributed by atoms with Crippen LogP contribution in [0.2, 0.25) is 0 Å². The van der Waals surface area contributed by atoms with Crippen LogP contribution in [0.5, 0.6) is 0 Å². The molecule has 0 radical (unpaired) electrons. The molecule has 20 heavy (non-hydrogen) atoms. The molecule has 2 heteroatoms. The van der Waals surface area contributed by atoms with Crippen molar-refractivity contribution in [3.05, 3.63) is 69.7 Å². The summed E-state index contributed by atoms with van der Waals surface area (Å²) < 4.78 is 1.08. The second-order valence-corrected chi connectivity index (χ2v) is 6.17. The Morgan fingerprint density at radius 2 is 1.70 bits per heavy atom. The summed E-state index contributed by atoms with van der Waals surface area (Å²) >= 11 is 9.82. The minimum Gasteiger partial charge on any atom is -0.0837 e. The Morgan fingerprint density at radius 3 is 2.30 bits per heavy atom. The summed E-state index contributed by atoms with van der Waals surface area (Å²) in [6.07, 6.45) is 5.60. The van der Waals surface area contributed by atoms with Gasteiger partial charge in [-0.15, -0.1) is 0 Å². The third-order valence-corrected chi connectivity index (χ3v) is 4.07. The number of halogens is 2. The predicted octanol–water partition coefficient (Wildman–Crippen LogP) is 6.53. The first-order valence-corrected chi connectivity index (χ1v) is 8.08. The third kappa shape index (κ3) is 4.50. The fraction of sp³-hybridized carbons (Fsp3) is 0.222. The van der Waals surface area contributed by atoms with Crippen LogP contribution in [0, 0.1) is 0 Å². The highest BCUT2D eigenvalue weighted by Gasteiger charge is 2.00. The van der Waals surface area contributed by atoms with Gasteiger partial charge >= 0.3 is 0 Å². The molecule has 0 aromatic heterocycles. The zero-order valence-electron chi connectivity index (χ0n) is 11.6. The van der Waals surface area contributed by atoms with Crippen LogP contribution in [-0.4, -0.2) is 0 Å². The van der Waals surface area contributed by atoms with E-state index in [2.05, 4.69) is 47.1 Å². The Labute approximate surface area is 134 Å². The summed E-state index contributed by atoms with van der Waals surface area (Å²) in [4.78, 5) is 0. The van der Waals surface area contributed by atoms with Crippen LogP contribution in [-0.2, 0) is 6.42 Å². The lowest BCUT2D eigenvalue weighted by Gasteiger charge is -2.03. The average molecular weight is 350 g/mol. The van der Waals surface area contributed by atoms with Gasteiger partial charge in [0.1, 0.15) is 0 Å². The Bertz CT molecular complexity index is 567. The molecule has 0 saturated carbocycles. The zero-order valence-corrected chi connectivity index (χ0v) is 13.9. The molecule has 0 spiro atoms. The molecule has 0 saturated heterocycles. The first-order valence-electron chi connectivity index (χ1n) is 6.91. The van der Waals surface area contributed by atoms with E-state index in [0.717, 1.165) is 27.1 Å². The highest BCUT2D eigenvalue weighted by Crippen LogP contribution is 2.23. The highest BCUT2D eigenvalue weighted by atomic mass is 79.9.